The van der Waals surface area contributed by atoms with Crippen molar-refractivity contribution in [1.82, 2.24) is 15.0 Å². The third-order valence-corrected chi connectivity index (χ3v) is 5.60. The van der Waals surface area contributed by atoms with E-state index < -0.39 is 0 Å². The largest absolute Gasteiger partial charge is 0.346 e. The van der Waals surface area contributed by atoms with Crippen molar-refractivity contribution in [2.45, 2.75) is 51.0 Å². The van der Waals surface area contributed by atoms with Gasteiger partial charge in [0.05, 0.1) is 18.5 Å². The molecule has 2 heterocycles. The van der Waals surface area contributed by atoms with Crippen molar-refractivity contribution >= 4 is 16.6 Å². The second-order valence-electron chi connectivity index (χ2n) is 6.97. The number of nitrogens with zero attached hydrogens (tertiary/aromatic N) is 3. The topological polar surface area (TPSA) is 81.7 Å². The van der Waals surface area contributed by atoms with E-state index in [4.69, 9.17) is 5.84 Å². The van der Waals surface area contributed by atoms with Crippen LogP contribution in [-0.2, 0) is 6.42 Å². The van der Waals surface area contributed by atoms with E-state index in [2.05, 4.69) is 34.5 Å². The maximum Gasteiger partial charge on any atom is 0.138 e. The van der Waals surface area contributed by atoms with Crippen molar-refractivity contribution in [3.63, 3.8) is 0 Å². The molecule has 0 spiro atoms. The van der Waals surface area contributed by atoms with E-state index in [-0.39, 0.29) is 6.04 Å². The van der Waals surface area contributed by atoms with E-state index in [1.807, 2.05) is 11.2 Å². The molecule has 2 aromatic rings. The summed E-state index contributed by atoms with van der Waals surface area (Å²) in [6.45, 7) is 0. The predicted molar refractivity (Wildman–Crippen MR) is 94.4 cm³/mol. The fraction of sp³-hybridized carbons (Fsp3) is 0.474. The van der Waals surface area contributed by atoms with E-state index in [0.29, 0.717) is 12.3 Å². The van der Waals surface area contributed by atoms with Gasteiger partial charge in [0.15, 0.2) is 0 Å². The van der Waals surface area contributed by atoms with Crippen LogP contribution in [0.15, 0.2) is 24.7 Å². The van der Waals surface area contributed by atoms with Crippen molar-refractivity contribution in [3.8, 4) is 6.07 Å². The summed E-state index contributed by atoms with van der Waals surface area (Å²) in [4.78, 5) is 7.67. The van der Waals surface area contributed by atoms with Crippen molar-refractivity contribution in [1.29, 1.82) is 5.26 Å². The van der Waals surface area contributed by atoms with Crippen LogP contribution in [-0.4, -0.2) is 21.0 Å². The molecule has 0 aliphatic heterocycles. The van der Waals surface area contributed by atoms with Crippen LogP contribution in [0.5, 0.6) is 0 Å². The van der Waals surface area contributed by atoms with Crippen LogP contribution in [0.4, 0.5) is 0 Å². The summed E-state index contributed by atoms with van der Waals surface area (Å²) in [5.41, 5.74) is 4.75. The summed E-state index contributed by atoms with van der Waals surface area (Å²) in [6.07, 6.45) is 13.3. The molecular weight excluding hydrogens is 298 g/mol. The fourth-order valence-electron chi connectivity index (χ4n) is 4.35. The number of hydrogen-bond donors (Lipinski definition) is 2. The molecule has 1 atom stereocenters. The zero-order valence-corrected chi connectivity index (χ0v) is 13.8. The number of H-pyrrole nitrogens is 1. The summed E-state index contributed by atoms with van der Waals surface area (Å²) in [5.74, 6) is 6.96. The number of pyridine rings is 1. The van der Waals surface area contributed by atoms with Gasteiger partial charge >= 0.3 is 0 Å². The van der Waals surface area contributed by atoms with Gasteiger partial charge in [-0.3, -0.25) is 0 Å². The van der Waals surface area contributed by atoms with Crippen molar-refractivity contribution in [3.05, 3.63) is 35.8 Å². The Bertz CT molecular complexity index is 807. The van der Waals surface area contributed by atoms with Gasteiger partial charge < -0.3 is 9.99 Å². The van der Waals surface area contributed by atoms with E-state index >= 15 is 0 Å². The van der Waals surface area contributed by atoms with Crippen LogP contribution < -0.4 is 5.84 Å². The Morgan fingerprint density at radius 3 is 3.04 bits per heavy atom. The Morgan fingerprint density at radius 1 is 1.42 bits per heavy atom. The minimum atomic E-state index is 0.120. The number of allylic oxidation sites excluding steroid dienone is 1. The van der Waals surface area contributed by atoms with Crippen LogP contribution in [0.1, 0.15) is 49.7 Å². The smallest absolute Gasteiger partial charge is 0.138 e. The number of rotatable bonds is 4. The Labute approximate surface area is 142 Å². The van der Waals surface area contributed by atoms with Gasteiger partial charge in [-0.15, -0.1) is 0 Å². The third-order valence-electron chi connectivity index (χ3n) is 5.60. The molecule has 1 fully saturated rings. The van der Waals surface area contributed by atoms with E-state index in [9.17, 15) is 5.26 Å². The normalized spacial score (nSPS) is 20.4. The number of hydrogen-bond acceptors (Lipinski definition) is 4. The van der Waals surface area contributed by atoms with E-state index in [1.54, 1.807) is 0 Å². The fourth-order valence-corrected chi connectivity index (χ4v) is 4.35. The van der Waals surface area contributed by atoms with Crippen molar-refractivity contribution < 1.29 is 0 Å². The summed E-state index contributed by atoms with van der Waals surface area (Å²) < 4.78 is 0. The molecule has 0 bridgehead atoms. The lowest BCUT2D eigenvalue weighted by atomic mass is 9.89. The second-order valence-corrected chi connectivity index (χ2v) is 6.97. The van der Waals surface area contributed by atoms with Gasteiger partial charge in [-0.2, -0.15) is 5.26 Å². The van der Waals surface area contributed by atoms with Gasteiger partial charge in [-0.25, -0.2) is 10.8 Å². The lowest BCUT2D eigenvalue weighted by Gasteiger charge is -2.31. The Morgan fingerprint density at radius 2 is 2.25 bits per heavy atom. The first-order valence-corrected chi connectivity index (χ1v) is 8.84. The monoisotopic (exact) mass is 321 g/mol. The summed E-state index contributed by atoms with van der Waals surface area (Å²) >= 11 is 0. The van der Waals surface area contributed by atoms with Gasteiger partial charge in [-0.05, 0) is 54.4 Å². The molecule has 0 aromatic carbocycles. The van der Waals surface area contributed by atoms with Crippen LogP contribution in [0.2, 0.25) is 0 Å². The Balaban J connectivity index is 1.67. The molecule has 3 N–H and O–H groups in total. The van der Waals surface area contributed by atoms with Crippen molar-refractivity contribution in [2.24, 2.45) is 11.8 Å². The summed E-state index contributed by atoms with van der Waals surface area (Å²) in [5, 5.41) is 12.3. The molecule has 2 aromatic heterocycles. The number of nitrogens with one attached hydrogen (secondary N) is 1. The summed E-state index contributed by atoms with van der Waals surface area (Å²) in [7, 11) is 0. The molecule has 124 valence electrons. The Kier molecular flexibility index (Phi) is 3.99. The number of nitrogens with two attached hydrogens (primary N) is 1. The van der Waals surface area contributed by atoms with Gasteiger partial charge in [0, 0.05) is 24.0 Å². The quantitative estimate of drug-likeness (QED) is 0.667. The first kappa shape index (κ1) is 15.2. The molecule has 1 unspecified atom stereocenters. The average Bonchev–Trinajstić information content (AvgIpc) is 3.26. The highest BCUT2D eigenvalue weighted by molar-refractivity contribution is 5.94. The van der Waals surface area contributed by atoms with E-state index in [0.717, 1.165) is 18.5 Å². The lowest BCUT2D eigenvalue weighted by Crippen LogP contribution is -2.41. The van der Waals surface area contributed by atoms with Gasteiger partial charge in [0.1, 0.15) is 5.65 Å². The standard InChI is InChI=1S/C19H23N5/c20-9-7-17(13-3-1-2-4-13)24(21)12-15-6-5-14-11-23-19-18(14)16(15)8-10-22-19/h8,10-13,17H,1-7,21H2,(H,22,23). The second kappa shape index (κ2) is 6.29. The van der Waals surface area contributed by atoms with Crippen molar-refractivity contribution in [2.75, 3.05) is 0 Å². The molecule has 5 heteroatoms. The van der Waals surface area contributed by atoms with Crippen LogP contribution in [0, 0.1) is 17.2 Å². The zero-order valence-electron chi connectivity index (χ0n) is 13.8. The molecule has 0 amide bonds. The van der Waals surface area contributed by atoms with Gasteiger partial charge in [-0.1, -0.05) is 12.8 Å². The number of aromatic amines is 1. The third kappa shape index (κ3) is 2.57. The van der Waals surface area contributed by atoms with Gasteiger partial charge in [0.2, 0.25) is 0 Å². The maximum atomic E-state index is 9.21. The maximum absolute atomic E-state index is 9.21. The SMILES string of the molecule is N#CCC(C1CCCC1)N(N)C=C1CCc2c[nH]c3nccc1c23. The summed E-state index contributed by atoms with van der Waals surface area (Å²) in [6, 6.07) is 4.53. The average molecular weight is 321 g/mol. The highest BCUT2D eigenvalue weighted by Gasteiger charge is 2.28. The van der Waals surface area contributed by atoms with E-state index in [1.165, 1.54) is 47.8 Å². The lowest BCUT2D eigenvalue weighted by molar-refractivity contribution is 0.208. The molecule has 2 aliphatic carbocycles. The van der Waals surface area contributed by atoms with Crippen LogP contribution >= 0.6 is 0 Å². The minimum Gasteiger partial charge on any atom is -0.346 e. The molecule has 2 aliphatic rings. The molecule has 4 rings (SSSR count). The predicted octanol–water partition coefficient (Wildman–Crippen LogP) is 3.50. The highest BCUT2D eigenvalue weighted by Crippen LogP contribution is 2.36. The zero-order chi connectivity index (χ0) is 16.5. The molecule has 24 heavy (non-hydrogen) atoms. The number of nitriles is 1. The molecule has 0 radical (unpaired) electrons. The van der Waals surface area contributed by atoms with Crippen LogP contribution in [0.25, 0.3) is 16.6 Å². The first-order valence-electron chi connectivity index (χ1n) is 8.84. The number of aromatic nitrogens is 2. The molecule has 5 nitrogen and oxygen atoms in total. The first-order chi connectivity index (χ1) is 11.8. The van der Waals surface area contributed by atoms with Crippen LogP contribution in [0.3, 0.4) is 0 Å². The minimum absolute atomic E-state index is 0.120. The highest BCUT2D eigenvalue weighted by atomic mass is 15.4. The molecular formula is C19H23N5. The number of aryl methyl sites for hydroxylation is 1. The molecule has 1 saturated carbocycles. The Hall–Kier alpha value is -2.32. The van der Waals surface area contributed by atoms with Gasteiger partial charge in [0.25, 0.3) is 0 Å². The molecule has 0 saturated heterocycles. The number of hydrazine groups is 1.